The first-order valence-electron chi connectivity index (χ1n) is 9.68. The van der Waals surface area contributed by atoms with Gasteiger partial charge < -0.3 is 20.7 Å². The molecule has 2 aromatic rings. The lowest BCUT2D eigenvalue weighted by Crippen LogP contribution is -2.41. The van der Waals surface area contributed by atoms with Crippen molar-refractivity contribution in [3.05, 3.63) is 47.5 Å². The number of ether oxygens (including phenoxy) is 1. The molecule has 1 aliphatic rings. The number of unbranched alkanes of at least 4 members (excludes halogenated alkanes) is 1. The molecule has 2 aromatic carbocycles. The third kappa shape index (κ3) is 4.63. The lowest BCUT2D eigenvalue weighted by molar-refractivity contribution is -0.122. The van der Waals surface area contributed by atoms with Crippen LogP contribution in [-0.2, 0) is 9.59 Å². The van der Waals surface area contributed by atoms with Gasteiger partial charge in [-0.3, -0.25) is 9.59 Å². The summed E-state index contributed by atoms with van der Waals surface area (Å²) in [6, 6.07) is 10.7. The zero-order valence-corrected chi connectivity index (χ0v) is 16.6. The summed E-state index contributed by atoms with van der Waals surface area (Å²) in [6.07, 6.45) is 2.02. The van der Waals surface area contributed by atoms with Gasteiger partial charge in [0, 0.05) is 0 Å². The van der Waals surface area contributed by atoms with Crippen LogP contribution in [0.2, 0.25) is 0 Å². The highest BCUT2D eigenvalue weighted by Crippen LogP contribution is 2.31. The number of para-hydroxylation sites is 2. The first kappa shape index (κ1) is 19.7. The van der Waals surface area contributed by atoms with E-state index in [0.29, 0.717) is 18.0 Å². The zero-order chi connectivity index (χ0) is 20.1. The van der Waals surface area contributed by atoms with Crippen LogP contribution in [0, 0.1) is 13.8 Å². The van der Waals surface area contributed by atoms with E-state index >= 15 is 0 Å². The van der Waals surface area contributed by atoms with Gasteiger partial charge in [0.1, 0.15) is 11.8 Å². The standard InChI is InChI=1S/C22H27N3O3/c1-4-5-10-28-20-9-7-6-8-16(20)24-21(26)13-19-22(27)25-18-12-15(3)14(2)11-17(18)23-19/h6-9,11-12,19,23H,4-5,10,13H2,1-3H3,(H,24,26)(H,25,27)/t19-/m1/s1. The van der Waals surface area contributed by atoms with E-state index < -0.39 is 6.04 Å². The predicted octanol–water partition coefficient (Wildman–Crippen LogP) is 4.24. The molecule has 1 aliphatic heterocycles. The summed E-state index contributed by atoms with van der Waals surface area (Å²) >= 11 is 0. The highest BCUT2D eigenvalue weighted by atomic mass is 16.5. The van der Waals surface area contributed by atoms with Gasteiger partial charge in [-0.25, -0.2) is 0 Å². The van der Waals surface area contributed by atoms with E-state index in [1.165, 1.54) is 0 Å². The molecule has 28 heavy (non-hydrogen) atoms. The van der Waals surface area contributed by atoms with E-state index in [1.807, 2.05) is 44.2 Å². The molecule has 3 N–H and O–H groups in total. The summed E-state index contributed by atoms with van der Waals surface area (Å²) in [6.45, 7) is 6.72. The highest BCUT2D eigenvalue weighted by molar-refractivity contribution is 6.06. The quantitative estimate of drug-likeness (QED) is 0.627. The number of fused-ring (bicyclic) bond motifs is 1. The molecule has 6 heteroatoms. The minimum Gasteiger partial charge on any atom is -0.491 e. The number of hydrogen-bond acceptors (Lipinski definition) is 4. The smallest absolute Gasteiger partial charge is 0.247 e. The molecule has 0 radical (unpaired) electrons. The van der Waals surface area contributed by atoms with Crippen LogP contribution in [0.25, 0.3) is 0 Å². The van der Waals surface area contributed by atoms with E-state index in [0.717, 1.165) is 35.3 Å². The molecule has 1 atom stereocenters. The molecule has 1 heterocycles. The van der Waals surface area contributed by atoms with E-state index in [2.05, 4.69) is 22.9 Å². The van der Waals surface area contributed by atoms with Gasteiger partial charge in [-0.1, -0.05) is 25.5 Å². The number of nitrogens with one attached hydrogen (secondary N) is 3. The van der Waals surface area contributed by atoms with Crippen LogP contribution in [0.1, 0.15) is 37.3 Å². The number of carbonyl (C=O) groups excluding carboxylic acids is 2. The normalized spacial score (nSPS) is 15.2. The van der Waals surface area contributed by atoms with Crippen LogP contribution in [0.3, 0.4) is 0 Å². The highest BCUT2D eigenvalue weighted by Gasteiger charge is 2.28. The maximum atomic E-state index is 12.6. The summed E-state index contributed by atoms with van der Waals surface area (Å²) < 4.78 is 5.75. The summed E-state index contributed by atoms with van der Waals surface area (Å²) in [7, 11) is 0. The largest absolute Gasteiger partial charge is 0.491 e. The lowest BCUT2D eigenvalue weighted by Gasteiger charge is -2.27. The van der Waals surface area contributed by atoms with Gasteiger partial charge in [0.25, 0.3) is 0 Å². The minimum absolute atomic E-state index is 0.0293. The fraction of sp³-hybridized carbons (Fsp3) is 0.364. The molecular formula is C22H27N3O3. The van der Waals surface area contributed by atoms with Crippen molar-refractivity contribution in [1.82, 2.24) is 0 Å². The van der Waals surface area contributed by atoms with Crippen molar-refractivity contribution in [2.45, 2.75) is 46.1 Å². The third-order valence-corrected chi connectivity index (χ3v) is 4.84. The summed E-state index contributed by atoms with van der Waals surface area (Å²) in [5, 5.41) is 8.94. The Morgan fingerprint density at radius 1 is 1.14 bits per heavy atom. The average molecular weight is 381 g/mol. The van der Waals surface area contributed by atoms with Crippen LogP contribution < -0.4 is 20.7 Å². The number of amides is 2. The molecular weight excluding hydrogens is 354 g/mol. The zero-order valence-electron chi connectivity index (χ0n) is 16.6. The molecule has 148 valence electrons. The predicted molar refractivity (Wildman–Crippen MR) is 112 cm³/mol. The average Bonchev–Trinajstić information content (AvgIpc) is 2.66. The number of hydrogen-bond donors (Lipinski definition) is 3. The molecule has 0 fully saturated rings. The second kappa shape index (κ2) is 8.78. The van der Waals surface area contributed by atoms with Crippen molar-refractivity contribution >= 4 is 28.9 Å². The monoisotopic (exact) mass is 381 g/mol. The van der Waals surface area contributed by atoms with Crippen molar-refractivity contribution < 1.29 is 14.3 Å². The van der Waals surface area contributed by atoms with Crippen molar-refractivity contribution in [1.29, 1.82) is 0 Å². The molecule has 0 saturated heterocycles. The second-order valence-corrected chi connectivity index (χ2v) is 7.12. The van der Waals surface area contributed by atoms with E-state index in [-0.39, 0.29) is 18.2 Å². The number of aryl methyl sites for hydroxylation is 2. The molecule has 2 amide bonds. The molecule has 3 rings (SSSR count). The fourth-order valence-electron chi connectivity index (χ4n) is 3.06. The van der Waals surface area contributed by atoms with E-state index in [4.69, 9.17) is 4.74 Å². The number of carbonyl (C=O) groups is 2. The van der Waals surface area contributed by atoms with Gasteiger partial charge in [-0.15, -0.1) is 0 Å². The van der Waals surface area contributed by atoms with Crippen LogP contribution in [-0.4, -0.2) is 24.5 Å². The molecule has 0 spiro atoms. The van der Waals surface area contributed by atoms with Gasteiger partial charge >= 0.3 is 0 Å². The topological polar surface area (TPSA) is 79.5 Å². The first-order chi connectivity index (χ1) is 13.5. The molecule has 0 aromatic heterocycles. The van der Waals surface area contributed by atoms with Crippen LogP contribution >= 0.6 is 0 Å². The molecule has 0 bridgehead atoms. The maximum Gasteiger partial charge on any atom is 0.247 e. The van der Waals surface area contributed by atoms with Crippen LogP contribution in [0.4, 0.5) is 17.1 Å². The summed E-state index contributed by atoms with van der Waals surface area (Å²) in [5.74, 6) is 0.187. The SMILES string of the molecule is CCCCOc1ccccc1NC(=O)C[C@H]1Nc2cc(C)c(C)cc2NC1=O. The Labute approximate surface area is 165 Å². The van der Waals surface area contributed by atoms with Crippen molar-refractivity contribution in [3.63, 3.8) is 0 Å². The Bertz CT molecular complexity index is 879. The molecule has 0 unspecified atom stereocenters. The van der Waals surface area contributed by atoms with Crippen LogP contribution in [0.5, 0.6) is 5.75 Å². The van der Waals surface area contributed by atoms with Gasteiger partial charge in [-0.2, -0.15) is 0 Å². The Kier molecular flexibility index (Phi) is 6.19. The number of rotatable bonds is 7. The molecule has 0 aliphatic carbocycles. The summed E-state index contributed by atoms with van der Waals surface area (Å²) in [4.78, 5) is 25.0. The lowest BCUT2D eigenvalue weighted by atomic mass is 10.0. The Balaban J connectivity index is 1.65. The van der Waals surface area contributed by atoms with Gasteiger partial charge in [0.15, 0.2) is 0 Å². The third-order valence-electron chi connectivity index (χ3n) is 4.84. The number of anilines is 3. The maximum absolute atomic E-state index is 12.6. The van der Waals surface area contributed by atoms with E-state index in [1.54, 1.807) is 6.07 Å². The fourth-order valence-corrected chi connectivity index (χ4v) is 3.06. The van der Waals surface area contributed by atoms with Gasteiger partial charge in [0.2, 0.25) is 11.8 Å². The number of benzene rings is 2. The van der Waals surface area contributed by atoms with Gasteiger partial charge in [-0.05, 0) is 55.7 Å². The van der Waals surface area contributed by atoms with Crippen molar-refractivity contribution in [2.24, 2.45) is 0 Å². The van der Waals surface area contributed by atoms with E-state index in [9.17, 15) is 9.59 Å². The van der Waals surface area contributed by atoms with Crippen molar-refractivity contribution in [2.75, 3.05) is 22.6 Å². The van der Waals surface area contributed by atoms with Gasteiger partial charge in [0.05, 0.1) is 30.1 Å². The Hall–Kier alpha value is -3.02. The Morgan fingerprint density at radius 3 is 2.61 bits per heavy atom. The molecule has 0 saturated carbocycles. The van der Waals surface area contributed by atoms with Crippen molar-refractivity contribution in [3.8, 4) is 5.75 Å². The second-order valence-electron chi connectivity index (χ2n) is 7.12. The Morgan fingerprint density at radius 2 is 1.86 bits per heavy atom. The first-order valence-corrected chi connectivity index (χ1v) is 9.68. The summed E-state index contributed by atoms with van der Waals surface area (Å²) in [5.41, 5.74) is 4.44. The minimum atomic E-state index is -0.622. The molecule has 6 nitrogen and oxygen atoms in total. The van der Waals surface area contributed by atoms with Crippen LogP contribution in [0.15, 0.2) is 36.4 Å².